The summed E-state index contributed by atoms with van der Waals surface area (Å²) in [6.07, 6.45) is 0. The first kappa shape index (κ1) is 22.3. The van der Waals surface area contributed by atoms with Crippen molar-refractivity contribution in [3.8, 4) is 11.5 Å². The average molecular weight is 399 g/mol. The van der Waals surface area contributed by atoms with Crippen LogP contribution in [-0.2, 0) is 16.1 Å². The van der Waals surface area contributed by atoms with Gasteiger partial charge in [0, 0.05) is 5.56 Å². The summed E-state index contributed by atoms with van der Waals surface area (Å²) in [5.41, 5.74) is 2.52. The van der Waals surface area contributed by atoms with Gasteiger partial charge < -0.3 is 19.5 Å². The number of carbonyl (C=O) groups excluding carboxylic acids is 2. The van der Waals surface area contributed by atoms with Gasteiger partial charge >= 0.3 is 5.97 Å². The number of hydrogen-bond acceptors (Lipinski definition) is 5. The number of amides is 1. The van der Waals surface area contributed by atoms with Crippen molar-refractivity contribution < 1.29 is 23.8 Å². The van der Waals surface area contributed by atoms with E-state index < -0.39 is 5.97 Å². The Morgan fingerprint density at radius 2 is 1.59 bits per heavy atom. The molecule has 6 heteroatoms. The summed E-state index contributed by atoms with van der Waals surface area (Å²) in [6.45, 7) is 8.90. The Balaban J connectivity index is 1.86. The molecule has 0 aromatic heterocycles. The van der Waals surface area contributed by atoms with Crippen LogP contribution in [0.5, 0.6) is 11.5 Å². The van der Waals surface area contributed by atoms with E-state index in [4.69, 9.17) is 14.2 Å². The molecule has 29 heavy (non-hydrogen) atoms. The maximum atomic E-state index is 12.3. The van der Waals surface area contributed by atoms with E-state index in [-0.39, 0.29) is 19.1 Å². The third-order valence-corrected chi connectivity index (χ3v) is 4.25. The van der Waals surface area contributed by atoms with Crippen LogP contribution in [0.1, 0.15) is 55.1 Å². The minimum atomic E-state index is -0.498. The molecule has 0 aliphatic rings. The summed E-state index contributed by atoms with van der Waals surface area (Å²) in [5.74, 6) is 0.644. The summed E-state index contributed by atoms with van der Waals surface area (Å²) >= 11 is 0. The van der Waals surface area contributed by atoms with Crippen molar-refractivity contribution in [2.45, 2.75) is 40.2 Å². The van der Waals surface area contributed by atoms with Crippen molar-refractivity contribution >= 4 is 11.9 Å². The average Bonchev–Trinajstić information content (AvgIpc) is 2.72. The topological polar surface area (TPSA) is 73.9 Å². The Morgan fingerprint density at radius 3 is 2.21 bits per heavy atom. The van der Waals surface area contributed by atoms with E-state index in [0.717, 1.165) is 5.56 Å². The van der Waals surface area contributed by atoms with Gasteiger partial charge in [-0.1, -0.05) is 38.1 Å². The number of benzene rings is 2. The molecular weight excluding hydrogens is 370 g/mol. The van der Waals surface area contributed by atoms with E-state index in [1.165, 1.54) is 5.56 Å². The predicted molar refractivity (Wildman–Crippen MR) is 111 cm³/mol. The fourth-order valence-electron chi connectivity index (χ4n) is 2.66. The standard InChI is InChI=1S/C23H29NO5/c1-5-27-20-12-11-19(13-21(20)28-6-2)23(26)24-14-22(25)29-15-17-7-9-18(10-8-17)16(3)4/h7-13,16H,5-6,14-15H2,1-4H3,(H,24,26). The van der Waals surface area contributed by atoms with Crippen molar-refractivity contribution in [1.29, 1.82) is 0 Å². The van der Waals surface area contributed by atoms with Crippen molar-refractivity contribution in [1.82, 2.24) is 5.32 Å². The van der Waals surface area contributed by atoms with Gasteiger partial charge in [0.25, 0.3) is 5.91 Å². The highest BCUT2D eigenvalue weighted by atomic mass is 16.5. The van der Waals surface area contributed by atoms with Gasteiger partial charge in [-0.05, 0) is 49.1 Å². The molecule has 0 fully saturated rings. The summed E-state index contributed by atoms with van der Waals surface area (Å²) in [4.78, 5) is 24.3. The number of esters is 1. The van der Waals surface area contributed by atoms with E-state index in [9.17, 15) is 9.59 Å². The Bertz CT molecular complexity index is 815. The Hall–Kier alpha value is -3.02. The minimum absolute atomic E-state index is 0.171. The fourth-order valence-corrected chi connectivity index (χ4v) is 2.66. The quantitative estimate of drug-likeness (QED) is 0.610. The van der Waals surface area contributed by atoms with Gasteiger partial charge in [0.1, 0.15) is 13.2 Å². The van der Waals surface area contributed by atoms with Crippen molar-refractivity contribution in [2.24, 2.45) is 0 Å². The molecule has 156 valence electrons. The molecule has 1 amide bonds. The van der Waals surface area contributed by atoms with Crippen molar-refractivity contribution in [3.05, 3.63) is 59.2 Å². The molecule has 0 radical (unpaired) electrons. The predicted octanol–water partition coefficient (Wildman–Crippen LogP) is 4.08. The molecular formula is C23H29NO5. The molecule has 0 heterocycles. The fraction of sp³-hybridized carbons (Fsp3) is 0.391. The van der Waals surface area contributed by atoms with Gasteiger partial charge in [0.2, 0.25) is 0 Å². The van der Waals surface area contributed by atoms with Crippen LogP contribution < -0.4 is 14.8 Å². The van der Waals surface area contributed by atoms with Crippen LogP contribution in [0.3, 0.4) is 0 Å². The lowest BCUT2D eigenvalue weighted by Crippen LogP contribution is -2.30. The summed E-state index contributed by atoms with van der Waals surface area (Å²) in [5, 5.41) is 2.57. The van der Waals surface area contributed by atoms with Gasteiger partial charge in [0.15, 0.2) is 11.5 Å². The molecule has 6 nitrogen and oxygen atoms in total. The highest BCUT2D eigenvalue weighted by Gasteiger charge is 2.13. The monoisotopic (exact) mass is 399 g/mol. The van der Waals surface area contributed by atoms with E-state index in [0.29, 0.717) is 36.2 Å². The molecule has 0 spiro atoms. The number of ether oxygens (including phenoxy) is 3. The molecule has 1 N–H and O–H groups in total. The largest absolute Gasteiger partial charge is 0.490 e. The minimum Gasteiger partial charge on any atom is -0.490 e. The van der Waals surface area contributed by atoms with E-state index in [2.05, 4.69) is 19.2 Å². The van der Waals surface area contributed by atoms with Crippen molar-refractivity contribution in [3.63, 3.8) is 0 Å². The zero-order valence-electron chi connectivity index (χ0n) is 17.5. The second-order valence-corrected chi connectivity index (χ2v) is 6.77. The van der Waals surface area contributed by atoms with Gasteiger partial charge in [-0.3, -0.25) is 9.59 Å². The first-order valence-electron chi connectivity index (χ1n) is 9.86. The molecule has 0 atom stereocenters. The molecule has 0 bridgehead atoms. The van der Waals surface area contributed by atoms with Gasteiger partial charge in [-0.25, -0.2) is 0 Å². The van der Waals surface area contributed by atoms with Crippen LogP contribution in [0.25, 0.3) is 0 Å². The van der Waals surface area contributed by atoms with E-state index in [1.54, 1.807) is 18.2 Å². The number of nitrogens with one attached hydrogen (secondary N) is 1. The third kappa shape index (κ3) is 6.82. The summed E-state index contributed by atoms with van der Waals surface area (Å²) in [6, 6.07) is 12.8. The lowest BCUT2D eigenvalue weighted by molar-refractivity contribution is -0.143. The molecule has 2 aromatic rings. The van der Waals surface area contributed by atoms with Crippen LogP contribution in [0.2, 0.25) is 0 Å². The normalized spacial score (nSPS) is 10.5. The molecule has 0 aliphatic heterocycles. The van der Waals surface area contributed by atoms with Gasteiger partial charge in [-0.15, -0.1) is 0 Å². The maximum Gasteiger partial charge on any atom is 0.325 e. The molecule has 0 unspecified atom stereocenters. The number of rotatable bonds is 10. The summed E-state index contributed by atoms with van der Waals surface area (Å²) < 4.78 is 16.2. The highest BCUT2D eigenvalue weighted by Crippen LogP contribution is 2.28. The zero-order chi connectivity index (χ0) is 21.2. The van der Waals surface area contributed by atoms with E-state index >= 15 is 0 Å². The van der Waals surface area contributed by atoms with E-state index in [1.807, 2.05) is 38.1 Å². The number of hydrogen-bond donors (Lipinski definition) is 1. The van der Waals surface area contributed by atoms with Crippen LogP contribution in [-0.4, -0.2) is 31.6 Å². The van der Waals surface area contributed by atoms with Crippen LogP contribution in [0.4, 0.5) is 0 Å². The Morgan fingerprint density at radius 1 is 0.931 bits per heavy atom. The van der Waals surface area contributed by atoms with Gasteiger partial charge in [-0.2, -0.15) is 0 Å². The SMILES string of the molecule is CCOc1ccc(C(=O)NCC(=O)OCc2ccc(C(C)C)cc2)cc1OCC. The third-order valence-electron chi connectivity index (χ3n) is 4.25. The molecule has 0 saturated carbocycles. The molecule has 2 rings (SSSR count). The first-order chi connectivity index (χ1) is 13.9. The second kappa shape index (κ2) is 11.1. The number of carbonyl (C=O) groups is 2. The zero-order valence-corrected chi connectivity index (χ0v) is 17.5. The van der Waals surface area contributed by atoms with Crippen molar-refractivity contribution in [2.75, 3.05) is 19.8 Å². The first-order valence-corrected chi connectivity index (χ1v) is 9.86. The molecule has 2 aromatic carbocycles. The Labute approximate surface area is 172 Å². The highest BCUT2D eigenvalue weighted by molar-refractivity contribution is 5.96. The Kier molecular flexibility index (Phi) is 8.52. The summed E-state index contributed by atoms with van der Waals surface area (Å²) in [7, 11) is 0. The molecule has 0 saturated heterocycles. The van der Waals surface area contributed by atoms with Crippen LogP contribution >= 0.6 is 0 Å². The lowest BCUT2D eigenvalue weighted by Gasteiger charge is -2.12. The van der Waals surface area contributed by atoms with Crippen LogP contribution in [0, 0.1) is 0 Å². The van der Waals surface area contributed by atoms with Crippen LogP contribution in [0.15, 0.2) is 42.5 Å². The van der Waals surface area contributed by atoms with Gasteiger partial charge in [0.05, 0.1) is 13.2 Å². The molecule has 0 aliphatic carbocycles. The lowest BCUT2D eigenvalue weighted by atomic mass is 10.0. The smallest absolute Gasteiger partial charge is 0.325 e. The maximum absolute atomic E-state index is 12.3. The second-order valence-electron chi connectivity index (χ2n) is 6.77.